The minimum absolute atomic E-state index is 0.126. The summed E-state index contributed by atoms with van der Waals surface area (Å²) in [4.78, 5) is 43.9. The average Bonchev–Trinajstić information content (AvgIpc) is 3.28. The predicted octanol–water partition coefficient (Wildman–Crippen LogP) is 4.59. The quantitative estimate of drug-likeness (QED) is 0.505. The largest absolute Gasteiger partial charge is 0.465 e. The summed E-state index contributed by atoms with van der Waals surface area (Å²) in [5.41, 5.74) is 9.48. The van der Waals surface area contributed by atoms with Gasteiger partial charge in [0, 0.05) is 11.1 Å². The fourth-order valence-corrected chi connectivity index (χ4v) is 6.12. The molecule has 0 radical (unpaired) electrons. The van der Waals surface area contributed by atoms with Crippen molar-refractivity contribution in [2.45, 2.75) is 40.0 Å². The molecule has 3 aromatic rings. The van der Waals surface area contributed by atoms with Crippen molar-refractivity contribution in [2.24, 2.45) is 5.92 Å². The van der Waals surface area contributed by atoms with E-state index < -0.39 is 17.8 Å². The normalized spacial score (nSPS) is 15.2. The lowest BCUT2D eigenvalue weighted by Crippen LogP contribution is -2.14. The van der Waals surface area contributed by atoms with Crippen LogP contribution >= 0.6 is 22.7 Å². The number of aromatic nitrogens is 1. The fourth-order valence-electron chi connectivity index (χ4n) is 4.04. The van der Waals surface area contributed by atoms with E-state index in [1.807, 2.05) is 6.07 Å². The van der Waals surface area contributed by atoms with Gasteiger partial charge in [0.25, 0.3) is 5.91 Å². The molecule has 4 rings (SSSR count). The molecule has 174 valence electrons. The highest BCUT2D eigenvalue weighted by Gasteiger charge is 2.29. The highest BCUT2D eigenvalue weighted by atomic mass is 32.1. The highest BCUT2D eigenvalue weighted by Crippen LogP contribution is 2.38. The third-order valence-electron chi connectivity index (χ3n) is 5.76. The number of hydrogen-bond acceptors (Lipinski definition) is 9. The van der Waals surface area contributed by atoms with E-state index in [2.05, 4.69) is 12.2 Å². The number of esters is 2. The van der Waals surface area contributed by atoms with E-state index >= 15 is 0 Å². The zero-order valence-corrected chi connectivity index (χ0v) is 20.5. The number of carbonyl (C=O) groups excluding carboxylic acids is 3. The zero-order chi connectivity index (χ0) is 23.9. The second kappa shape index (κ2) is 9.11. The van der Waals surface area contributed by atoms with Crippen LogP contribution in [0.5, 0.6) is 0 Å². The highest BCUT2D eigenvalue weighted by molar-refractivity contribution is 7.21. The zero-order valence-electron chi connectivity index (χ0n) is 18.9. The fraction of sp³-hybridized carbons (Fsp3) is 0.391. The van der Waals surface area contributed by atoms with E-state index in [0.29, 0.717) is 26.9 Å². The Morgan fingerprint density at radius 1 is 1.24 bits per heavy atom. The van der Waals surface area contributed by atoms with Crippen LogP contribution in [0.4, 0.5) is 10.7 Å². The van der Waals surface area contributed by atoms with Crippen molar-refractivity contribution in [3.05, 3.63) is 38.2 Å². The summed E-state index contributed by atoms with van der Waals surface area (Å²) in [6.45, 7) is 5.73. The first-order chi connectivity index (χ1) is 15.7. The summed E-state index contributed by atoms with van der Waals surface area (Å²) in [5, 5.41) is 3.73. The Morgan fingerprint density at radius 3 is 2.70 bits per heavy atom. The van der Waals surface area contributed by atoms with E-state index in [-0.39, 0.29) is 22.0 Å². The Morgan fingerprint density at radius 2 is 2.00 bits per heavy atom. The number of nitrogens with zero attached hydrogens (tertiary/aromatic N) is 1. The minimum atomic E-state index is -0.651. The molecule has 1 aliphatic rings. The van der Waals surface area contributed by atoms with Gasteiger partial charge in [0.2, 0.25) is 0 Å². The first-order valence-electron chi connectivity index (χ1n) is 10.7. The average molecular weight is 488 g/mol. The van der Waals surface area contributed by atoms with Gasteiger partial charge in [-0.05, 0) is 56.2 Å². The van der Waals surface area contributed by atoms with Crippen molar-refractivity contribution >= 4 is 61.4 Å². The number of aryl methyl sites for hydroxylation is 1. The van der Waals surface area contributed by atoms with Gasteiger partial charge >= 0.3 is 11.9 Å². The van der Waals surface area contributed by atoms with Gasteiger partial charge < -0.3 is 20.5 Å². The molecule has 1 atom stereocenters. The summed E-state index contributed by atoms with van der Waals surface area (Å²) in [7, 11) is 1.24. The van der Waals surface area contributed by atoms with Crippen LogP contribution in [0.25, 0.3) is 10.2 Å². The van der Waals surface area contributed by atoms with Gasteiger partial charge in [-0.1, -0.05) is 6.92 Å². The summed E-state index contributed by atoms with van der Waals surface area (Å²) in [6, 6.07) is 2.05. The molecule has 0 saturated heterocycles. The molecule has 33 heavy (non-hydrogen) atoms. The topological polar surface area (TPSA) is 121 Å². The smallest absolute Gasteiger partial charge is 0.348 e. The first kappa shape index (κ1) is 23.2. The Kier molecular flexibility index (Phi) is 6.40. The standard InChI is InChI=1S/C23H25N3O5S2/c1-5-31-23(29)17-11(3)15(22(28)30-4)21(32-17)26-19(27)18-16(24)13-9-12-8-10(2)6-7-14(12)25-20(13)33-18/h9-10H,5-8,24H2,1-4H3,(H,26,27). The maximum Gasteiger partial charge on any atom is 0.348 e. The molecule has 1 unspecified atom stereocenters. The van der Waals surface area contributed by atoms with Crippen LogP contribution in [0.15, 0.2) is 6.07 Å². The monoisotopic (exact) mass is 487 g/mol. The summed E-state index contributed by atoms with van der Waals surface area (Å²) < 4.78 is 9.94. The molecular formula is C23H25N3O5S2. The van der Waals surface area contributed by atoms with Crippen LogP contribution in [0.2, 0.25) is 0 Å². The molecule has 0 fully saturated rings. The number of rotatable bonds is 5. The summed E-state index contributed by atoms with van der Waals surface area (Å²) in [6.07, 6.45) is 2.96. The molecule has 1 amide bonds. The third kappa shape index (κ3) is 4.20. The van der Waals surface area contributed by atoms with Gasteiger partial charge in [-0.2, -0.15) is 0 Å². The van der Waals surface area contributed by atoms with Crippen molar-refractivity contribution in [3.63, 3.8) is 0 Å². The molecule has 8 nitrogen and oxygen atoms in total. The number of nitrogens with one attached hydrogen (secondary N) is 1. The van der Waals surface area contributed by atoms with E-state index in [9.17, 15) is 14.4 Å². The molecule has 3 heterocycles. The molecule has 0 bridgehead atoms. The molecule has 10 heteroatoms. The van der Waals surface area contributed by atoms with Crippen LogP contribution in [0.3, 0.4) is 0 Å². The maximum atomic E-state index is 13.2. The number of pyridine rings is 1. The van der Waals surface area contributed by atoms with Crippen LogP contribution in [0, 0.1) is 12.8 Å². The van der Waals surface area contributed by atoms with Crippen LogP contribution in [-0.4, -0.2) is 36.5 Å². The van der Waals surface area contributed by atoms with Gasteiger partial charge in [-0.3, -0.25) is 4.79 Å². The van der Waals surface area contributed by atoms with Crippen molar-refractivity contribution in [1.82, 2.24) is 4.98 Å². The van der Waals surface area contributed by atoms with Gasteiger partial charge in [0.1, 0.15) is 19.6 Å². The number of hydrogen-bond donors (Lipinski definition) is 2. The number of fused-ring (bicyclic) bond motifs is 2. The van der Waals surface area contributed by atoms with Gasteiger partial charge in [-0.15, -0.1) is 22.7 Å². The van der Waals surface area contributed by atoms with E-state index in [0.717, 1.165) is 41.7 Å². The van der Waals surface area contributed by atoms with Crippen LogP contribution in [-0.2, 0) is 22.3 Å². The number of nitrogen functional groups attached to an aromatic ring is 1. The molecule has 0 saturated carbocycles. The van der Waals surface area contributed by atoms with Gasteiger partial charge in [0.15, 0.2) is 0 Å². The molecule has 0 aliphatic heterocycles. The third-order valence-corrected chi connectivity index (χ3v) is 8.06. The lowest BCUT2D eigenvalue weighted by Gasteiger charge is -2.20. The van der Waals surface area contributed by atoms with Gasteiger partial charge in [0.05, 0.1) is 25.0 Å². The lowest BCUT2D eigenvalue weighted by molar-refractivity contribution is 0.0531. The lowest BCUT2D eigenvalue weighted by atomic mass is 9.87. The van der Waals surface area contributed by atoms with Crippen molar-refractivity contribution in [1.29, 1.82) is 0 Å². The van der Waals surface area contributed by atoms with Crippen molar-refractivity contribution in [3.8, 4) is 0 Å². The number of carbonyl (C=O) groups is 3. The van der Waals surface area contributed by atoms with Crippen LogP contribution < -0.4 is 11.1 Å². The molecule has 1 aliphatic carbocycles. The second-order valence-electron chi connectivity index (χ2n) is 8.07. The van der Waals surface area contributed by atoms with Crippen LogP contribution in [0.1, 0.15) is 66.8 Å². The molecule has 0 aromatic carbocycles. The number of anilines is 2. The number of ether oxygens (including phenoxy) is 2. The number of amides is 1. The Balaban J connectivity index is 1.71. The van der Waals surface area contributed by atoms with E-state index in [1.165, 1.54) is 24.0 Å². The maximum absolute atomic E-state index is 13.2. The molecule has 3 aromatic heterocycles. The van der Waals surface area contributed by atoms with Crippen molar-refractivity contribution < 1.29 is 23.9 Å². The summed E-state index contributed by atoms with van der Waals surface area (Å²) >= 11 is 2.19. The molecule has 3 N–H and O–H groups in total. The minimum Gasteiger partial charge on any atom is -0.465 e. The molecular weight excluding hydrogens is 462 g/mol. The SMILES string of the molecule is CCOC(=O)c1sc(NC(=O)c2sc3nc4c(cc3c2N)CC(C)CC4)c(C(=O)OC)c1C. The predicted molar refractivity (Wildman–Crippen MR) is 130 cm³/mol. The first-order valence-corrected chi connectivity index (χ1v) is 12.3. The van der Waals surface area contributed by atoms with Crippen molar-refractivity contribution in [2.75, 3.05) is 24.8 Å². The number of methoxy groups -OCH3 is 1. The Hall–Kier alpha value is -2.98. The number of thiophene rings is 2. The summed E-state index contributed by atoms with van der Waals surface area (Å²) in [5.74, 6) is -1.09. The van der Waals surface area contributed by atoms with E-state index in [1.54, 1.807) is 13.8 Å². The van der Waals surface area contributed by atoms with Gasteiger partial charge in [-0.25, -0.2) is 14.6 Å². The molecule has 0 spiro atoms. The second-order valence-corrected chi connectivity index (χ2v) is 10.1. The van der Waals surface area contributed by atoms with E-state index in [4.69, 9.17) is 20.2 Å². The number of nitrogens with two attached hydrogens (primary N) is 1. The Bertz CT molecular complexity index is 1280. The Labute approximate surface area is 199 Å².